The summed E-state index contributed by atoms with van der Waals surface area (Å²) in [5.74, 6) is 0.121. The Kier molecular flexibility index (Phi) is 6.27. The molecule has 2 aromatic rings. The summed E-state index contributed by atoms with van der Waals surface area (Å²) < 4.78 is 10.4. The van der Waals surface area contributed by atoms with Crippen molar-refractivity contribution in [2.24, 2.45) is 0 Å². The molecule has 0 saturated carbocycles. The highest BCUT2D eigenvalue weighted by Crippen LogP contribution is 2.17. The zero-order chi connectivity index (χ0) is 17.4. The molecule has 0 unspecified atom stereocenters. The quantitative estimate of drug-likeness (QED) is 0.593. The Labute approximate surface area is 139 Å². The number of amides is 1. The highest BCUT2D eigenvalue weighted by Gasteiger charge is 2.07. The Hall–Kier alpha value is -2.93. The topological polar surface area (TPSA) is 90.7 Å². The largest absolute Gasteiger partial charge is 0.484 e. The minimum absolute atomic E-state index is 0.0263. The second kappa shape index (κ2) is 8.64. The van der Waals surface area contributed by atoms with Crippen LogP contribution in [0.3, 0.4) is 0 Å². The van der Waals surface area contributed by atoms with Crippen LogP contribution in [0.25, 0.3) is 0 Å². The maximum absolute atomic E-state index is 11.9. The first kappa shape index (κ1) is 17.4. The van der Waals surface area contributed by atoms with Crippen molar-refractivity contribution in [1.29, 1.82) is 0 Å². The van der Waals surface area contributed by atoms with Gasteiger partial charge >= 0.3 is 0 Å². The first-order valence-electron chi connectivity index (χ1n) is 7.30. The maximum Gasteiger partial charge on any atom is 0.269 e. The van der Waals surface area contributed by atoms with Crippen LogP contribution in [0, 0.1) is 10.1 Å². The lowest BCUT2D eigenvalue weighted by molar-refractivity contribution is -0.384. The van der Waals surface area contributed by atoms with Gasteiger partial charge in [-0.1, -0.05) is 24.3 Å². The van der Waals surface area contributed by atoms with Gasteiger partial charge in [-0.25, -0.2) is 0 Å². The number of nitrogens with one attached hydrogen (secondary N) is 1. The summed E-state index contributed by atoms with van der Waals surface area (Å²) in [5.41, 5.74) is 1.96. The smallest absolute Gasteiger partial charge is 0.269 e. The van der Waals surface area contributed by atoms with E-state index in [2.05, 4.69) is 5.32 Å². The lowest BCUT2D eigenvalue weighted by Gasteiger charge is -2.10. The first-order valence-corrected chi connectivity index (χ1v) is 7.30. The SMILES string of the molecule is COCc1ccccc1CNC(=O)COc1ccc([N+](=O)[O-])cc1. The van der Waals surface area contributed by atoms with Crippen LogP contribution >= 0.6 is 0 Å². The normalized spacial score (nSPS) is 10.2. The summed E-state index contributed by atoms with van der Waals surface area (Å²) in [6, 6.07) is 13.2. The number of carbonyl (C=O) groups is 1. The highest BCUT2D eigenvalue weighted by molar-refractivity contribution is 5.77. The average Bonchev–Trinajstić information content (AvgIpc) is 2.60. The summed E-state index contributed by atoms with van der Waals surface area (Å²) in [4.78, 5) is 21.9. The lowest BCUT2D eigenvalue weighted by Crippen LogP contribution is -2.28. The molecule has 24 heavy (non-hydrogen) atoms. The Morgan fingerprint density at radius 1 is 1.12 bits per heavy atom. The van der Waals surface area contributed by atoms with Gasteiger partial charge < -0.3 is 14.8 Å². The number of hydrogen-bond acceptors (Lipinski definition) is 5. The van der Waals surface area contributed by atoms with Crippen molar-refractivity contribution in [2.75, 3.05) is 13.7 Å². The van der Waals surface area contributed by atoms with Gasteiger partial charge in [-0.05, 0) is 23.3 Å². The number of rotatable bonds is 8. The molecule has 0 radical (unpaired) electrons. The molecule has 0 heterocycles. The van der Waals surface area contributed by atoms with Gasteiger partial charge in [0.05, 0.1) is 11.5 Å². The molecule has 126 valence electrons. The zero-order valence-electron chi connectivity index (χ0n) is 13.2. The maximum atomic E-state index is 11.9. The fraction of sp³-hybridized carbons (Fsp3) is 0.235. The molecule has 0 bridgehead atoms. The Morgan fingerprint density at radius 2 is 1.79 bits per heavy atom. The molecular formula is C17H18N2O5. The van der Waals surface area contributed by atoms with E-state index in [1.54, 1.807) is 7.11 Å². The van der Waals surface area contributed by atoms with E-state index >= 15 is 0 Å². The number of hydrogen-bond donors (Lipinski definition) is 1. The Bertz CT molecular complexity index is 700. The summed E-state index contributed by atoms with van der Waals surface area (Å²) >= 11 is 0. The third-order valence-electron chi connectivity index (χ3n) is 3.31. The van der Waals surface area contributed by atoms with Gasteiger partial charge in [-0.15, -0.1) is 0 Å². The number of methoxy groups -OCH3 is 1. The van der Waals surface area contributed by atoms with Crippen molar-refractivity contribution < 1.29 is 19.2 Å². The summed E-state index contributed by atoms with van der Waals surface area (Å²) in [7, 11) is 1.62. The second-order valence-electron chi connectivity index (χ2n) is 5.02. The fourth-order valence-corrected chi connectivity index (χ4v) is 2.08. The molecule has 0 aliphatic heterocycles. The van der Waals surface area contributed by atoms with Gasteiger partial charge in [0, 0.05) is 25.8 Å². The molecule has 0 spiro atoms. The molecule has 2 rings (SSSR count). The van der Waals surface area contributed by atoms with Crippen LogP contribution in [0.4, 0.5) is 5.69 Å². The molecule has 0 atom stereocenters. The number of benzene rings is 2. The van der Waals surface area contributed by atoms with Gasteiger partial charge in [0.15, 0.2) is 6.61 Å². The van der Waals surface area contributed by atoms with Crippen molar-refractivity contribution in [3.05, 3.63) is 69.8 Å². The van der Waals surface area contributed by atoms with Crippen LogP contribution in [0.2, 0.25) is 0 Å². The van der Waals surface area contributed by atoms with Crippen LogP contribution < -0.4 is 10.1 Å². The van der Waals surface area contributed by atoms with E-state index in [0.717, 1.165) is 11.1 Å². The number of carbonyl (C=O) groups excluding carboxylic acids is 1. The standard InChI is InChI=1S/C17H18N2O5/c1-23-11-14-5-3-2-4-13(14)10-18-17(20)12-24-16-8-6-15(7-9-16)19(21)22/h2-9H,10-12H2,1H3,(H,18,20). The van der Waals surface area contributed by atoms with Crippen molar-refractivity contribution in [1.82, 2.24) is 5.32 Å². The number of non-ortho nitro benzene ring substituents is 1. The van der Waals surface area contributed by atoms with E-state index in [1.807, 2.05) is 24.3 Å². The lowest BCUT2D eigenvalue weighted by atomic mass is 10.1. The van der Waals surface area contributed by atoms with E-state index < -0.39 is 4.92 Å². The van der Waals surface area contributed by atoms with E-state index in [-0.39, 0.29) is 18.2 Å². The molecule has 1 amide bonds. The van der Waals surface area contributed by atoms with Crippen LogP contribution in [0.1, 0.15) is 11.1 Å². The molecule has 0 fully saturated rings. The minimum Gasteiger partial charge on any atom is -0.484 e. The van der Waals surface area contributed by atoms with Crippen LogP contribution in [-0.2, 0) is 22.7 Å². The fourth-order valence-electron chi connectivity index (χ4n) is 2.08. The zero-order valence-corrected chi connectivity index (χ0v) is 13.2. The van der Waals surface area contributed by atoms with Gasteiger partial charge in [-0.3, -0.25) is 14.9 Å². The molecule has 0 aromatic heterocycles. The van der Waals surface area contributed by atoms with Gasteiger partial charge in [0.1, 0.15) is 5.75 Å². The monoisotopic (exact) mass is 330 g/mol. The van der Waals surface area contributed by atoms with Crippen molar-refractivity contribution in [3.8, 4) is 5.75 Å². The number of ether oxygens (including phenoxy) is 2. The predicted molar refractivity (Wildman–Crippen MR) is 87.6 cm³/mol. The molecule has 0 saturated heterocycles. The van der Waals surface area contributed by atoms with E-state index in [0.29, 0.717) is 18.9 Å². The van der Waals surface area contributed by atoms with E-state index in [4.69, 9.17) is 9.47 Å². The average molecular weight is 330 g/mol. The number of nitrogens with zero attached hydrogens (tertiary/aromatic N) is 1. The molecule has 2 aromatic carbocycles. The second-order valence-corrected chi connectivity index (χ2v) is 5.02. The van der Waals surface area contributed by atoms with Crippen molar-refractivity contribution >= 4 is 11.6 Å². The predicted octanol–water partition coefficient (Wildman–Crippen LogP) is 2.44. The molecule has 0 aliphatic carbocycles. The molecule has 0 aliphatic rings. The van der Waals surface area contributed by atoms with Gasteiger partial charge in [0.2, 0.25) is 0 Å². The van der Waals surface area contributed by atoms with Crippen LogP contribution in [0.15, 0.2) is 48.5 Å². The summed E-state index contributed by atoms with van der Waals surface area (Å²) in [6.45, 7) is 0.692. The van der Waals surface area contributed by atoms with Gasteiger partial charge in [-0.2, -0.15) is 0 Å². The Balaban J connectivity index is 1.82. The Morgan fingerprint density at radius 3 is 2.42 bits per heavy atom. The van der Waals surface area contributed by atoms with Gasteiger partial charge in [0.25, 0.3) is 11.6 Å². The van der Waals surface area contributed by atoms with Crippen LogP contribution in [0.5, 0.6) is 5.75 Å². The molecule has 7 heteroatoms. The minimum atomic E-state index is -0.492. The van der Waals surface area contributed by atoms with Crippen LogP contribution in [-0.4, -0.2) is 24.5 Å². The van der Waals surface area contributed by atoms with E-state index in [1.165, 1.54) is 24.3 Å². The highest BCUT2D eigenvalue weighted by atomic mass is 16.6. The molecule has 7 nitrogen and oxygen atoms in total. The number of nitro groups is 1. The molecular weight excluding hydrogens is 312 g/mol. The van der Waals surface area contributed by atoms with Crippen molar-refractivity contribution in [3.63, 3.8) is 0 Å². The third-order valence-corrected chi connectivity index (χ3v) is 3.31. The first-order chi connectivity index (χ1) is 11.6. The summed E-state index contributed by atoms with van der Waals surface area (Å²) in [6.07, 6.45) is 0. The molecule has 1 N–H and O–H groups in total. The van der Waals surface area contributed by atoms with Crippen molar-refractivity contribution in [2.45, 2.75) is 13.2 Å². The van der Waals surface area contributed by atoms with E-state index in [9.17, 15) is 14.9 Å². The third kappa shape index (κ3) is 5.06. The summed E-state index contributed by atoms with van der Waals surface area (Å²) in [5, 5.41) is 13.3. The number of nitro benzene ring substituents is 1.